The van der Waals surface area contributed by atoms with Crippen LogP contribution in [0.3, 0.4) is 0 Å². The fourth-order valence-electron chi connectivity index (χ4n) is 9.86. The molecule has 7 bridgehead atoms. The number of benzene rings is 1. The van der Waals surface area contributed by atoms with Crippen LogP contribution in [0.15, 0.2) is 48.2 Å². The van der Waals surface area contributed by atoms with Gasteiger partial charge in [-0.2, -0.15) is 0 Å². The second-order valence-corrected chi connectivity index (χ2v) is 20.5. The SMILES string of the molecule is CC(C)C[C@@H]1NC(=O)[C@@H](NC(=O)[C@@H]2CCC(=O)N2)[C@H](C(C)C)c2ccc3c4c([nH]c3c2)-n2cnc(c2)CC(C(=O)NCCc2cnc[nH]2)NC(=O)[C@H](CCCN=C(N)N)NC(=O)[C@H](C4)NC(=O)[C@H](C(C)C)NC1=O. The van der Waals surface area contributed by atoms with Crippen LogP contribution in [0.5, 0.6) is 0 Å². The molecule has 3 aromatic heterocycles. The molecule has 0 spiro atoms. The standard InChI is InChI=1S/C50H70N16O8/c1-24(2)16-35-47(72)64-40(26(5)6)48(73)63-37-19-31-30-10-9-27(39(25(3)4)41(49(74)62-35)65-45(70)33-11-12-38(67)58-33)17-34(30)59-42(31)66-21-29(57-23-66)18-36(43(68)54-15-13-28-20-53-22-56-28)61-44(69)32(60-46(37)71)8-7-14-55-50(51)52/h9-10,17,20-26,32-33,35-37,39-41,59H,7-8,11-16,18-19H2,1-6H3,(H,53,56)(H,54,68)(H,58,67)(H,60,71)(H,61,69)(H,62,74)(H,63,73)(H,64,72)(H,65,70)(H4,51,52,55)/t32-,33-,35-,36?,37-,39+,40-,41-/m0/s1. The molecule has 8 rings (SSSR count). The predicted molar refractivity (Wildman–Crippen MR) is 273 cm³/mol. The lowest BCUT2D eigenvalue weighted by Crippen LogP contribution is -2.61. The number of hydrogen-bond acceptors (Lipinski definition) is 11. The van der Waals surface area contributed by atoms with Crippen LogP contribution in [0.2, 0.25) is 0 Å². The van der Waals surface area contributed by atoms with E-state index in [1.165, 1.54) is 12.7 Å². The number of rotatable bonds is 14. The van der Waals surface area contributed by atoms with Gasteiger partial charge >= 0.3 is 0 Å². The van der Waals surface area contributed by atoms with E-state index in [0.29, 0.717) is 40.0 Å². The topological polar surface area (TPSA) is 359 Å². The van der Waals surface area contributed by atoms with Gasteiger partial charge in [0.1, 0.15) is 54.4 Å². The zero-order valence-corrected chi connectivity index (χ0v) is 42.7. The number of H-pyrrole nitrogens is 2. The third-order valence-electron chi connectivity index (χ3n) is 13.7. The van der Waals surface area contributed by atoms with Crippen molar-refractivity contribution in [1.82, 2.24) is 67.0 Å². The summed E-state index contributed by atoms with van der Waals surface area (Å²) in [5.74, 6) is -6.13. The monoisotopic (exact) mass is 1020 g/mol. The fourth-order valence-corrected chi connectivity index (χ4v) is 9.86. The number of imidazole rings is 2. The van der Waals surface area contributed by atoms with Crippen LogP contribution in [0.25, 0.3) is 16.7 Å². The van der Waals surface area contributed by atoms with E-state index in [1.54, 1.807) is 30.8 Å². The van der Waals surface area contributed by atoms with Gasteiger partial charge < -0.3 is 64.0 Å². The smallest absolute Gasteiger partial charge is 0.243 e. The number of nitrogens with one attached hydrogen (secondary N) is 10. The minimum atomic E-state index is -1.38. The van der Waals surface area contributed by atoms with Crippen LogP contribution in [0.4, 0.5) is 0 Å². The molecular formula is C50H70N16O8. The fraction of sp³-hybridized carbons (Fsp3) is 0.540. The average molecular weight is 1020 g/mol. The number of hydrogen-bond donors (Lipinski definition) is 12. The molecule has 7 heterocycles. The Morgan fingerprint density at radius 1 is 0.838 bits per heavy atom. The van der Waals surface area contributed by atoms with E-state index < -0.39 is 95.5 Å². The Bertz CT molecular complexity index is 2740. The van der Waals surface area contributed by atoms with Gasteiger partial charge in [-0.05, 0) is 55.1 Å². The number of carbonyl (C=O) groups excluding carboxylic acids is 8. The second kappa shape index (κ2) is 23.8. The molecule has 14 N–H and O–H groups in total. The van der Waals surface area contributed by atoms with Crippen LogP contribution in [-0.2, 0) is 57.6 Å². The summed E-state index contributed by atoms with van der Waals surface area (Å²) < 4.78 is 1.70. The molecule has 0 saturated carbocycles. The van der Waals surface area contributed by atoms with Crippen molar-refractivity contribution in [3.8, 4) is 5.82 Å². The van der Waals surface area contributed by atoms with Crippen molar-refractivity contribution in [2.75, 3.05) is 13.1 Å². The summed E-state index contributed by atoms with van der Waals surface area (Å²) in [6, 6.07) is -2.77. The number of aromatic nitrogens is 5. The van der Waals surface area contributed by atoms with Gasteiger partial charge in [0.05, 0.1) is 12.0 Å². The highest BCUT2D eigenvalue weighted by Crippen LogP contribution is 2.35. The molecule has 1 aromatic carbocycles. The molecule has 4 aliphatic rings. The highest BCUT2D eigenvalue weighted by Gasteiger charge is 2.40. The minimum absolute atomic E-state index is 0.0281. The van der Waals surface area contributed by atoms with Crippen molar-refractivity contribution in [2.24, 2.45) is 34.2 Å². The Labute approximate surface area is 428 Å². The van der Waals surface area contributed by atoms with Crippen LogP contribution in [0.1, 0.15) is 102 Å². The summed E-state index contributed by atoms with van der Waals surface area (Å²) in [5.41, 5.74) is 14.2. The first-order chi connectivity index (χ1) is 35.3. The third-order valence-corrected chi connectivity index (χ3v) is 13.7. The summed E-state index contributed by atoms with van der Waals surface area (Å²) in [6.07, 6.45) is 7.49. The highest BCUT2D eigenvalue weighted by atomic mass is 16.2. The zero-order chi connectivity index (χ0) is 53.4. The molecule has 24 heteroatoms. The molecule has 8 amide bonds. The van der Waals surface area contributed by atoms with E-state index >= 15 is 0 Å². The summed E-state index contributed by atoms with van der Waals surface area (Å²) in [6.45, 7) is 11.4. The number of nitrogens with two attached hydrogens (primary N) is 2. The summed E-state index contributed by atoms with van der Waals surface area (Å²) in [5, 5.41) is 23.5. The maximum atomic E-state index is 15.0. The van der Waals surface area contributed by atoms with Gasteiger partial charge in [0.15, 0.2) is 5.96 Å². The normalized spacial score (nSPS) is 24.0. The van der Waals surface area contributed by atoms with E-state index in [-0.39, 0.29) is 81.7 Å². The number of aromatic amines is 2. The van der Waals surface area contributed by atoms with Crippen molar-refractivity contribution in [3.05, 3.63) is 65.8 Å². The van der Waals surface area contributed by atoms with Crippen molar-refractivity contribution < 1.29 is 38.4 Å². The lowest BCUT2D eigenvalue weighted by Gasteiger charge is -2.33. The summed E-state index contributed by atoms with van der Waals surface area (Å²) >= 11 is 0. The Hall–Kier alpha value is -7.79. The number of guanidine groups is 1. The highest BCUT2D eigenvalue weighted by molar-refractivity contribution is 5.99. The van der Waals surface area contributed by atoms with Gasteiger partial charge in [-0.1, -0.05) is 53.7 Å². The van der Waals surface area contributed by atoms with Crippen molar-refractivity contribution in [2.45, 2.75) is 141 Å². The van der Waals surface area contributed by atoms with Gasteiger partial charge in [0.2, 0.25) is 47.3 Å². The third kappa shape index (κ3) is 13.2. The molecule has 1 fully saturated rings. The molecule has 1 unspecified atom stereocenters. The molecule has 1 saturated heterocycles. The maximum absolute atomic E-state index is 15.0. The molecule has 0 aliphatic carbocycles. The molecular weight excluding hydrogens is 953 g/mol. The first-order valence-corrected chi connectivity index (χ1v) is 25.4. The number of fused-ring (bicyclic) bond motifs is 13. The molecule has 4 aromatic rings. The Morgan fingerprint density at radius 2 is 1.59 bits per heavy atom. The first kappa shape index (κ1) is 54.0. The summed E-state index contributed by atoms with van der Waals surface area (Å²) in [7, 11) is 0. The Balaban J connectivity index is 1.38. The van der Waals surface area contributed by atoms with E-state index in [4.69, 9.17) is 11.5 Å². The first-order valence-electron chi connectivity index (χ1n) is 25.4. The Kier molecular flexibility index (Phi) is 17.4. The quantitative estimate of drug-likeness (QED) is 0.0321. The van der Waals surface area contributed by atoms with Gasteiger partial charge in [-0.3, -0.25) is 47.9 Å². The Morgan fingerprint density at radius 3 is 2.27 bits per heavy atom. The number of aliphatic imine (C=N–C) groups is 1. The van der Waals surface area contributed by atoms with Gasteiger partial charge in [-0.15, -0.1) is 0 Å². The minimum Gasteiger partial charge on any atom is -0.370 e. The van der Waals surface area contributed by atoms with E-state index in [2.05, 4.69) is 67.5 Å². The van der Waals surface area contributed by atoms with Gasteiger partial charge in [-0.25, -0.2) is 9.97 Å². The van der Waals surface area contributed by atoms with Crippen molar-refractivity contribution in [1.29, 1.82) is 0 Å². The second-order valence-electron chi connectivity index (χ2n) is 20.5. The molecule has 398 valence electrons. The molecule has 8 atom stereocenters. The molecule has 4 aliphatic heterocycles. The molecule has 0 radical (unpaired) electrons. The van der Waals surface area contributed by atoms with E-state index in [0.717, 1.165) is 5.69 Å². The number of amides is 8. The van der Waals surface area contributed by atoms with Gasteiger partial charge in [0.25, 0.3) is 0 Å². The predicted octanol–water partition coefficient (Wildman–Crippen LogP) is -0.770. The maximum Gasteiger partial charge on any atom is 0.243 e. The van der Waals surface area contributed by atoms with Gasteiger partial charge in [0, 0.05) is 79.2 Å². The van der Waals surface area contributed by atoms with Crippen LogP contribution >= 0.6 is 0 Å². The van der Waals surface area contributed by atoms with Crippen molar-refractivity contribution in [3.63, 3.8) is 0 Å². The average Bonchev–Trinajstić information content (AvgIpc) is 4.18. The lowest BCUT2D eigenvalue weighted by molar-refractivity contribution is -0.136. The molecule has 74 heavy (non-hydrogen) atoms. The molecule has 24 nitrogen and oxygen atoms in total. The lowest BCUT2D eigenvalue weighted by atomic mass is 9.81. The van der Waals surface area contributed by atoms with Crippen LogP contribution < -0.4 is 54.0 Å². The van der Waals surface area contributed by atoms with Crippen LogP contribution in [0, 0.1) is 17.8 Å². The van der Waals surface area contributed by atoms with E-state index in [1.807, 2.05) is 45.9 Å². The largest absolute Gasteiger partial charge is 0.370 e. The van der Waals surface area contributed by atoms with Crippen LogP contribution in [-0.4, -0.2) is 133 Å². The zero-order valence-electron chi connectivity index (χ0n) is 42.7. The van der Waals surface area contributed by atoms with E-state index in [9.17, 15) is 38.4 Å². The summed E-state index contributed by atoms with van der Waals surface area (Å²) in [4.78, 5) is 133. The van der Waals surface area contributed by atoms with Crippen molar-refractivity contribution >= 4 is 64.1 Å². The number of carbonyl (C=O) groups is 8. The number of nitrogens with zero attached hydrogens (tertiary/aromatic N) is 4.